The standard InChI is InChI=1S/C9H11NO6/c1-9(2-3-9)15-8(14)16-10-6(12)4-5(11)7(10)13/h4,11-13H,2-3H2,1H3. The van der Waals surface area contributed by atoms with E-state index in [1.54, 1.807) is 6.92 Å². The van der Waals surface area contributed by atoms with Crippen molar-refractivity contribution < 1.29 is 29.7 Å². The van der Waals surface area contributed by atoms with Gasteiger partial charge in [-0.1, -0.05) is 4.73 Å². The van der Waals surface area contributed by atoms with Crippen LogP contribution >= 0.6 is 0 Å². The van der Waals surface area contributed by atoms with Crippen molar-refractivity contribution in [1.29, 1.82) is 0 Å². The summed E-state index contributed by atoms with van der Waals surface area (Å²) < 4.78 is 5.26. The molecular weight excluding hydrogens is 218 g/mol. The molecule has 1 saturated carbocycles. The number of rotatable bonds is 2. The zero-order valence-electron chi connectivity index (χ0n) is 8.51. The van der Waals surface area contributed by atoms with Gasteiger partial charge in [0.25, 0.3) is 5.88 Å². The summed E-state index contributed by atoms with van der Waals surface area (Å²) >= 11 is 0. The van der Waals surface area contributed by atoms with Gasteiger partial charge in [0.15, 0.2) is 5.75 Å². The number of hydrogen-bond acceptors (Lipinski definition) is 6. The molecule has 0 amide bonds. The smallest absolute Gasteiger partial charge is 0.503 e. The van der Waals surface area contributed by atoms with Crippen LogP contribution in [0.3, 0.4) is 0 Å². The highest BCUT2D eigenvalue weighted by atomic mass is 16.8. The first-order chi connectivity index (χ1) is 7.41. The summed E-state index contributed by atoms with van der Waals surface area (Å²) in [6.07, 6.45) is 0.440. The molecule has 1 aromatic rings. The summed E-state index contributed by atoms with van der Waals surface area (Å²) in [6, 6.07) is 0.835. The van der Waals surface area contributed by atoms with Gasteiger partial charge in [0.2, 0.25) is 5.88 Å². The maximum Gasteiger partial charge on any atom is 0.534 e. The van der Waals surface area contributed by atoms with Crippen molar-refractivity contribution in [2.75, 3.05) is 0 Å². The second-order valence-electron chi connectivity index (χ2n) is 3.90. The molecule has 2 rings (SSSR count). The van der Waals surface area contributed by atoms with E-state index in [1.165, 1.54) is 0 Å². The molecule has 16 heavy (non-hydrogen) atoms. The number of ether oxygens (including phenoxy) is 1. The maximum atomic E-state index is 11.2. The van der Waals surface area contributed by atoms with Crippen molar-refractivity contribution in [1.82, 2.24) is 4.73 Å². The normalized spacial score (nSPS) is 16.8. The summed E-state index contributed by atoms with van der Waals surface area (Å²) in [4.78, 5) is 15.7. The Morgan fingerprint density at radius 3 is 2.50 bits per heavy atom. The lowest BCUT2D eigenvalue weighted by Crippen LogP contribution is -2.25. The van der Waals surface area contributed by atoms with Crippen LogP contribution < -0.4 is 4.84 Å². The van der Waals surface area contributed by atoms with Gasteiger partial charge in [-0.05, 0) is 19.8 Å². The van der Waals surface area contributed by atoms with Crippen LogP contribution in [-0.2, 0) is 4.74 Å². The van der Waals surface area contributed by atoms with Crippen LogP contribution in [0.5, 0.6) is 17.5 Å². The first kappa shape index (κ1) is 10.5. The molecule has 0 atom stereocenters. The molecule has 1 fully saturated rings. The number of aromatic nitrogens is 1. The quantitative estimate of drug-likeness (QED) is 0.646. The lowest BCUT2D eigenvalue weighted by Gasteiger charge is -2.11. The van der Waals surface area contributed by atoms with E-state index in [0.717, 1.165) is 18.9 Å². The lowest BCUT2D eigenvalue weighted by atomic mass is 10.4. The Hall–Kier alpha value is -2.05. The molecule has 0 aromatic carbocycles. The summed E-state index contributed by atoms with van der Waals surface area (Å²) in [5.74, 6) is -1.97. The number of hydrogen-bond donors (Lipinski definition) is 3. The van der Waals surface area contributed by atoms with Crippen molar-refractivity contribution in [3.63, 3.8) is 0 Å². The van der Waals surface area contributed by atoms with Crippen LogP contribution in [0.2, 0.25) is 0 Å². The zero-order valence-corrected chi connectivity index (χ0v) is 8.51. The second kappa shape index (κ2) is 3.22. The first-order valence-corrected chi connectivity index (χ1v) is 4.65. The average Bonchev–Trinajstić information content (AvgIpc) is 2.85. The molecule has 88 valence electrons. The van der Waals surface area contributed by atoms with E-state index in [1.807, 2.05) is 0 Å². The van der Waals surface area contributed by atoms with Crippen molar-refractivity contribution >= 4 is 6.16 Å². The molecule has 1 aliphatic rings. The number of carbonyl (C=O) groups excluding carboxylic acids is 1. The summed E-state index contributed by atoms with van der Waals surface area (Å²) in [5.41, 5.74) is -0.516. The molecule has 7 nitrogen and oxygen atoms in total. The highest BCUT2D eigenvalue weighted by Crippen LogP contribution is 2.39. The summed E-state index contributed by atoms with van der Waals surface area (Å²) in [5, 5.41) is 27.4. The molecule has 7 heteroatoms. The summed E-state index contributed by atoms with van der Waals surface area (Å²) in [7, 11) is 0. The van der Waals surface area contributed by atoms with E-state index in [-0.39, 0.29) is 0 Å². The van der Waals surface area contributed by atoms with Crippen LogP contribution in [0.15, 0.2) is 6.07 Å². The molecular formula is C9H11NO6. The molecule has 0 bridgehead atoms. The first-order valence-electron chi connectivity index (χ1n) is 4.65. The molecule has 0 aliphatic heterocycles. The van der Waals surface area contributed by atoms with Gasteiger partial charge in [-0.15, -0.1) is 0 Å². The number of carbonyl (C=O) groups is 1. The fourth-order valence-electron chi connectivity index (χ4n) is 1.12. The minimum Gasteiger partial charge on any atom is -0.503 e. The SMILES string of the molecule is CC1(OC(=O)On2c(O)cc(O)c2O)CC1. The minimum atomic E-state index is -1.05. The molecule has 3 N–H and O–H groups in total. The Balaban J connectivity index is 2.05. The Bertz CT molecular complexity index is 433. The van der Waals surface area contributed by atoms with E-state index >= 15 is 0 Å². The monoisotopic (exact) mass is 229 g/mol. The van der Waals surface area contributed by atoms with Crippen LogP contribution in [0.4, 0.5) is 4.79 Å². The molecule has 0 unspecified atom stereocenters. The number of aromatic hydroxyl groups is 3. The highest BCUT2D eigenvalue weighted by Gasteiger charge is 2.42. The zero-order chi connectivity index (χ0) is 11.9. The highest BCUT2D eigenvalue weighted by molar-refractivity contribution is 5.62. The molecule has 1 aromatic heterocycles. The van der Waals surface area contributed by atoms with Crippen LogP contribution in [0.1, 0.15) is 19.8 Å². The largest absolute Gasteiger partial charge is 0.534 e. The lowest BCUT2D eigenvalue weighted by molar-refractivity contribution is 0.00563. The van der Waals surface area contributed by atoms with Crippen molar-refractivity contribution in [2.24, 2.45) is 0 Å². The van der Waals surface area contributed by atoms with E-state index in [9.17, 15) is 15.0 Å². The molecule has 1 aliphatic carbocycles. The predicted octanol–water partition coefficient (Wildman–Crippen LogP) is 0.723. The van der Waals surface area contributed by atoms with Crippen molar-refractivity contribution in [3.8, 4) is 17.5 Å². The van der Waals surface area contributed by atoms with Crippen LogP contribution in [0.25, 0.3) is 0 Å². The van der Waals surface area contributed by atoms with Crippen LogP contribution in [0, 0.1) is 0 Å². The summed E-state index contributed by atoms with van der Waals surface area (Å²) in [6.45, 7) is 1.74. The van der Waals surface area contributed by atoms with Gasteiger partial charge in [-0.25, -0.2) is 4.79 Å². The third-order valence-electron chi connectivity index (χ3n) is 2.35. The van der Waals surface area contributed by atoms with Gasteiger partial charge in [0.1, 0.15) is 5.60 Å². The van der Waals surface area contributed by atoms with Gasteiger partial charge in [-0.3, -0.25) is 4.84 Å². The van der Waals surface area contributed by atoms with Crippen molar-refractivity contribution in [3.05, 3.63) is 6.07 Å². The minimum absolute atomic E-state index is 0.378. The molecule has 0 spiro atoms. The van der Waals surface area contributed by atoms with Gasteiger partial charge in [0, 0.05) is 6.07 Å². The van der Waals surface area contributed by atoms with E-state index in [2.05, 4.69) is 4.84 Å². The Labute approximate surface area is 90.4 Å². The van der Waals surface area contributed by atoms with Crippen molar-refractivity contribution in [2.45, 2.75) is 25.4 Å². The van der Waals surface area contributed by atoms with Gasteiger partial charge in [0.05, 0.1) is 0 Å². The predicted molar refractivity (Wildman–Crippen MR) is 50.1 cm³/mol. The van der Waals surface area contributed by atoms with E-state index < -0.39 is 29.3 Å². The van der Waals surface area contributed by atoms with E-state index in [0.29, 0.717) is 4.73 Å². The van der Waals surface area contributed by atoms with Crippen LogP contribution in [-0.4, -0.2) is 31.8 Å². The Morgan fingerprint density at radius 1 is 1.44 bits per heavy atom. The topological polar surface area (TPSA) is 101 Å². The fraction of sp³-hybridized carbons (Fsp3) is 0.444. The Morgan fingerprint density at radius 2 is 2.06 bits per heavy atom. The molecule has 0 saturated heterocycles. The average molecular weight is 229 g/mol. The maximum absolute atomic E-state index is 11.2. The molecule has 0 radical (unpaired) electrons. The number of nitrogens with zero attached hydrogens (tertiary/aromatic N) is 1. The second-order valence-corrected chi connectivity index (χ2v) is 3.90. The fourth-order valence-corrected chi connectivity index (χ4v) is 1.12. The molecule has 1 heterocycles. The van der Waals surface area contributed by atoms with E-state index in [4.69, 9.17) is 9.84 Å². The van der Waals surface area contributed by atoms with Gasteiger partial charge in [-0.2, -0.15) is 0 Å². The van der Waals surface area contributed by atoms with Gasteiger partial charge < -0.3 is 20.1 Å². The Kier molecular flexibility index (Phi) is 2.11. The van der Waals surface area contributed by atoms with Gasteiger partial charge >= 0.3 is 6.16 Å². The third kappa shape index (κ3) is 1.83. The third-order valence-corrected chi connectivity index (χ3v) is 2.35.